The van der Waals surface area contributed by atoms with E-state index in [0.29, 0.717) is 32.3 Å². The van der Waals surface area contributed by atoms with Gasteiger partial charge in [-0.15, -0.1) is 34.2 Å². The number of nitrogens with zero attached hydrogens (tertiary/aromatic N) is 4. The molecule has 1 heterocycles. The predicted molar refractivity (Wildman–Crippen MR) is 138 cm³/mol. The first-order valence-electron chi connectivity index (χ1n) is 10.3. The van der Waals surface area contributed by atoms with Gasteiger partial charge >= 0.3 is 0 Å². The van der Waals surface area contributed by atoms with E-state index in [0.717, 1.165) is 35.1 Å². The summed E-state index contributed by atoms with van der Waals surface area (Å²) in [6.07, 6.45) is 0.844. The molecule has 2 aromatic carbocycles. The highest BCUT2D eigenvalue weighted by Gasteiger charge is 2.07. The maximum Gasteiger partial charge on any atom is 0.196 e. The van der Waals surface area contributed by atoms with Gasteiger partial charge in [-0.2, -0.15) is 0 Å². The van der Waals surface area contributed by atoms with Crippen molar-refractivity contribution < 1.29 is 9.47 Å². The number of aryl methyl sites for hydroxylation is 1. The van der Waals surface area contributed by atoms with Crippen molar-refractivity contribution in [2.45, 2.75) is 26.4 Å². The molecule has 3 rings (SSSR count). The number of ether oxygens (including phenoxy) is 2. The van der Waals surface area contributed by atoms with Gasteiger partial charge in [0, 0.05) is 38.9 Å². The van der Waals surface area contributed by atoms with Crippen molar-refractivity contribution in [2.75, 3.05) is 25.6 Å². The second-order valence-electron chi connectivity index (χ2n) is 7.07. The standard InChI is InChI=1S/C23H30N6O2.HI/c1-18-27-28-22(29(18)2)17-25-23(24-16-19-9-5-4-6-10-19)26-20-11-7-12-21(15-20)31-14-8-13-30-3;/h4-7,9-12,15H,8,13-14,16-17H2,1-3H3,(H2,24,25,26);1H. The van der Waals surface area contributed by atoms with Crippen LogP contribution in [0.15, 0.2) is 59.6 Å². The largest absolute Gasteiger partial charge is 0.493 e. The van der Waals surface area contributed by atoms with Crippen LogP contribution in [0.2, 0.25) is 0 Å². The maximum atomic E-state index is 5.81. The summed E-state index contributed by atoms with van der Waals surface area (Å²) >= 11 is 0. The first-order valence-corrected chi connectivity index (χ1v) is 10.3. The number of methoxy groups -OCH3 is 1. The molecule has 0 saturated heterocycles. The molecule has 1 aromatic heterocycles. The number of rotatable bonds is 10. The van der Waals surface area contributed by atoms with Gasteiger partial charge in [0.25, 0.3) is 0 Å². The molecule has 0 radical (unpaired) electrons. The Morgan fingerprint density at radius 1 is 1.06 bits per heavy atom. The van der Waals surface area contributed by atoms with Gasteiger partial charge in [0.1, 0.15) is 11.6 Å². The first kappa shape index (κ1) is 25.6. The van der Waals surface area contributed by atoms with E-state index in [1.54, 1.807) is 7.11 Å². The molecule has 0 saturated carbocycles. The van der Waals surface area contributed by atoms with Crippen molar-refractivity contribution in [2.24, 2.45) is 12.0 Å². The molecule has 0 spiro atoms. The minimum absolute atomic E-state index is 0. The van der Waals surface area contributed by atoms with Gasteiger partial charge in [-0.05, 0) is 24.6 Å². The number of hydrogen-bond acceptors (Lipinski definition) is 5. The fraction of sp³-hybridized carbons (Fsp3) is 0.348. The van der Waals surface area contributed by atoms with Gasteiger partial charge < -0.3 is 24.7 Å². The van der Waals surface area contributed by atoms with Crippen molar-refractivity contribution in [3.05, 3.63) is 71.8 Å². The molecule has 9 heteroatoms. The fourth-order valence-corrected chi connectivity index (χ4v) is 2.85. The molecule has 0 fully saturated rings. The Labute approximate surface area is 206 Å². The highest BCUT2D eigenvalue weighted by atomic mass is 127. The van der Waals surface area contributed by atoms with Crippen molar-refractivity contribution in [3.63, 3.8) is 0 Å². The molecule has 0 aliphatic heterocycles. The lowest BCUT2D eigenvalue weighted by Gasteiger charge is -2.14. The van der Waals surface area contributed by atoms with E-state index in [-0.39, 0.29) is 24.0 Å². The van der Waals surface area contributed by atoms with E-state index in [9.17, 15) is 0 Å². The van der Waals surface area contributed by atoms with E-state index in [1.165, 1.54) is 0 Å². The zero-order valence-corrected chi connectivity index (χ0v) is 21.1. The van der Waals surface area contributed by atoms with Gasteiger partial charge in [-0.25, -0.2) is 4.99 Å². The molecule has 0 aliphatic carbocycles. The summed E-state index contributed by atoms with van der Waals surface area (Å²) in [7, 11) is 3.64. The summed E-state index contributed by atoms with van der Waals surface area (Å²) in [4.78, 5) is 4.74. The summed E-state index contributed by atoms with van der Waals surface area (Å²) < 4.78 is 12.8. The lowest BCUT2D eigenvalue weighted by atomic mass is 10.2. The van der Waals surface area contributed by atoms with Gasteiger partial charge in [0.15, 0.2) is 11.8 Å². The van der Waals surface area contributed by atoms with Crippen LogP contribution in [-0.2, 0) is 24.9 Å². The minimum Gasteiger partial charge on any atom is -0.493 e. The number of aromatic nitrogens is 3. The molecule has 0 aliphatic rings. The topological polar surface area (TPSA) is 85.6 Å². The number of hydrogen-bond donors (Lipinski definition) is 2. The predicted octanol–water partition coefficient (Wildman–Crippen LogP) is 3.91. The second kappa shape index (κ2) is 13.7. The Balaban J connectivity index is 0.00000363. The number of anilines is 1. The van der Waals surface area contributed by atoms with Gasteiger partial charge in [-0.3, -0.25) is 0 Å². The molecule has 172 valence electrons. The summed E-state index contributed by atoms with van der Waals surface area (Å²) in [6, 6.07) is 18.0. The average Bonchev–Trinajstić information content (AvgIpc) is 3.12. The van der Waals surface area contributed by atoms with Crippen LogP contribution in [0.25, 0.3) is 0 Å². The molecular weight excluding hydrogens is 519 g/mol. The number of aliphatic imine (C=N–C) groups is 1. The van der Waals surface area contributed by atoms with E-state index in [4.69, 9.17) is 14.5 Å². The Morgan fingerprint density at radius 2 is 1.88 bits per heavy atom. The highest BCUT2D eigenvalue weighted by Crippen LogP contribution is 2.17. The molecule has 0 amide bonds. The van der Waals surface area contributed by atoms with Gasteiger partial charge in [0.2, 0.25) is 0 Å². The molecule has 32 heavy (non-hydrogen) atoms. The first-order chi connectivity index (χ1) is 15.2. The number of halogens is 1. The Hall–Kier alpha value is -2.66. The van der Waals surface area contributed by atoms with Crippen molar-refractivity contribution in [3.8, 4) is 5.75 Å². The summed E-state index contributed by atoms with van der Waals surface area (Å²) in [5.41, 5.74) is 2.02. The van der Waals surface area contributed by atoms with Crippen LogP contribution in [0, 0.1) is 6.92 Å². The van der Waals surface area contributed by atoms with Crippen LogP contribution < -0.4 is 15.4 Å². The molecule has 3 aromatic rings. The Kier molecular flexibility index (Phi) is 10.9. The maximum absolute atomic E-state index is 5.81. The van der Waals surface area contributed by atoms with E-state index in [1.807, 2.05) is 61.0 Å². The highest BCUT2D eigenvalue weighted by molar-refractivity contribution is 14.0. The van der Waals surface area contributed by atoms with Crippen LogP contribution in [0.4, 0.5) is 5.69 Å². The van der Waals surface area contributed by atoms with Crippen LogP contribution in [-0.4, -0.2) is 41.0 Å². The fourth-order valence-electron chi connectivity index (χ4n) is 2.85. The zero-order chi connectivity index (χ0) is 21.9. The van der Waals surface area contributed by atoms with E-state index < -0.39 is 0 Å². The quantitative estimate of drug-likeness (QED) is 0.172. The van der Waals surface area contributed by atoms with Crippen molar-refractivity contribution in [1.29, 1.82) is 0 Å². The smallest absolute Gasteiger partial charge is 0.196 e. The number of benzene rings is 2. The van der Waals surface area contributed by atoms with Crippen LogP contribution in [0.5, 0.6) is 5.75 Å². The van der Waals surface area contributed by atoms with Crippen LogP contribution in [0.1, 0.15) is 23.6 Å². The normalized spacial score (nSPS) is 11.0. The molecule has 8 nitrogen and oxygen atoms in total. The summed E-state index contributed by atoms with van der Waals surface area (Å²) in [5.74, 6) is 3.15. The van der Waals surface area contributed by atoms with E-state index in [2.05, 4.69) is 33.0 Å². The number of nitrogens with one attached hydrogen (secondary N) is 2. The number of guanidine groups is 1. The van der Waals surface area contributed by atoms with Gasteiger partial charge in [-0.1, -0.05) is 36.4 Å². The Bertz CT molecular complexity index is 978. The molecule has 0 atom stereocenters. The SMILES string of the molecule is COCCCOc1cccc(NC(=NCc2ccccc2)NCc2nnc(C)n2C)c1.I. The van der Waals surface area contributed by atoms with Crippen molar-refractivity contribution >= 4 is 35.6 Å². The lowest BCUT2D eigenvalue weighted by molar-refractivity contribution is 0.172. The van der Waals surface area contributed by atoms with Gasteiger partial charge in [0.05, 0.1) is 19.7 Å². The molecule has 0 unspecified atom stereocenters. The monoisotopic (exact) mass is 550 g/mol. The van der Waals surface area contributed by atoms with Crippen molar-refractivity contribution in [1.82, 2.24) is 20.1 Å². The molecule has 0 bridgehead atoms. The summed E-state index contributed by atoms with van der Waals surface area (Å²) in [5, 5.41) is 15.0. The Morgan fingerprint density at radius 3 is 2.59 bits per heavy atom. The third kappa shape index (κ3) is 8.12. The second-order valence-corrected chi connectivity index (χ2v) is 7.07. The van der Waals surface area contributed by atoms with Crippen LogP contribution >= 0.6 is 24.0 Å². The molecule has 2 N–H and O–H groups in total. The average molecular weight is 550 g/mol. The van der Waals surface area contributed by atoms with Crippen LogP contribution in [0.3, 0.4) is 0 Å². The lowest BCUT2D eigenvalue weighted by Crippen LogP contribution is -2.31. The minimum atomic E-state index is 0. The zero-order valence-electron chi connectivity index (χ0n) is 18.7. The third-order valence-corrected chi connectivity index (χ3v) is 4.72. The summed E-state index contributed by atoms with van der Waals surface area (Å²) in [6.45, 7) is 4.28. The molecular formula is C23H31IN6O2. The van der Waals surface area contributed by atoms with E-state index >= 15 is 0 Å². The third-order valence-electron chi connectivity index (χ3n) is 4.72.